The molecule has 2 N–H and O–H groups in total. The molecule has 3 heteroatoms. The van der Waals surface area contributed by atoms with Crippen LogP contribution in [0.5, 0.6) is 0 Å². The topological polar surface area (TPSA) is 32.5 Å². The Hall–Kier alpha value is -1.06. The van der Waals surface area contributed by atoms with Crippen LogP contribution in [0, 0.1) is 0 Å². The monoisotopic (exact) mass is 261 g/mol. The van der Waals surface area contributed by atoms with Crippen molar-refractivity contribution in [3.63, 3.8) is 0 Å². The Morgan fingerprint density at radius 3 is 2.68 bits per heavy atom. The summed E-state index contributed by atoms with van der Waals surface area (Å²) < 4.78 is 0. The van der Waals surface area contributed by atoms with E-state index in [-0.39, 0.29) is 0 Å². The summed E-state index contributed by atoms with van der Waals surface area (Å²) in [6, 6.07) is 9.01. The molecule has 1 saturated heterocycles. The highest BCUT2D eigenvalue weighted by molar-refractivity contribution is 5.40. The third-order valence-electron chi connectivity index (χ3n) is 4.33. The lowest BCUT2D eigenvalue weighted by atomic mass is 10.0. The Morgan fingerprint density at radius 1 is 1.32 bits per heavy atom. The average Bonchev–Trinajstić information content (AvgIpc) is 2.45. The number of likely N-dealkylation sites (N-methyl/N-ethyl adjacent to an activating group) is 1. The number of benzene rings is 1. The van der Waals surface area contributed by atoms with E-state index in [0.29, 0.717) is 0 Å². The Kier molecular flexibility index (Phi) is 5.23. The van der Waals surface area contributed by atoms with Crippen LogP contribution in [0.4, 0.5) is 5.69 Å². The fourth-order valence-electron chi connectivity index (χ4n) is 2.91. The maximum atomic E-state index is 5.82. The normalized spacial score (nSPS) is 18.1. The number of nitrogens with zero attached hydrogens (tertiary/aromatic N) is 2. The van der Waals surface area contributed by atoms with Gasteiger partial charge in [-0.15, -0.1) is 0 Å². The first-order valence-electron chi connectivity index (χ1n) is 7.46. The van der Waals surface area contributed by atoms with E-state index in [4.69, 9.17) is 5.73 Å². The molecule has 1 aromatic carbocycles. The molecule has 1 aliphatic heterocycles. The van der Waals surface area contributed by atoms with Crippen molar-refractivity contribution in [1.29, 1.82) is 0 Å². The van der Waals surface area contributed by atoms with Crippen LogP contribution in [-0.4, -0.2) is 49.1 Å². The van der Waals surface area contributed by atoms with Crippen molar-refractivity contribution >= 4 is 5.69 Å². The van der Waals surface area contributed by atoms with E-state index < -0.39 is 0 Å². The molecule has 1 fully saturated rings. The highest BCUT2D eigenvalue weighted by Crippen LogP contribution is 2.16. The highest BCUT2D eigenvalue weighted by atomic mass is 15.2. The lowest BCUT2D eigenvalue weighted by molar-refractivity contribution is 0.132. The first-order valence-corrected chi connectivity index (χ1v) is 7.46. The van der Waals surface area contributed by atoms with Gasteiger partial charge in [-0.2, -0.15) is 0 Å². The van der Waals surface area contributed by atoms with Crippen LogP contribution in [0.1, 0.15) is 25.3 Å². The van der Waals surface area contributed by atoms with E-state index in [2.05, 4.69) is 35.9 Å². The predicted octanol–water partition coefficient (Wildman–Crippen LogP) is 2.23. The van der Waals surface area contributed by atoms with Gasteiger partial charge in [0.1, 0.15) is 0 Å². The van der Waals surface area contributed by atoms with Gasteiger partial charge in [0.15, 0.2) is 0 Å². The van der Waals surface area contributed by atoms with E-state index in [1.807, 2.05) is 12.1 Å². The molecule has 0 bridgehead atoms. The van der Waals surface area contributed by atoms with Crippen molar-refractivity contribution in [2.45, 2.75) is 32.2 Å². The summed E-state index contributed by atoms with van der Waals surface area (Å²) in [5, 5.41) is 0. The van der Waals surface area contributed by atoms with Gasteiger partial charge < -0.3 is 15.5 Å². The molecule has 106 valence electrons. The molecule has 0 radical (unpaired) electrons. The van der Waals surface area contributed by atoms with Crippen molar-refractivity contribution in [3.8, 4) is 0 Å². The van der Waals surface area contributed by atoms with Crippen molar-refractivity contribution in [2.75, 3.05) is 39.0 Å². The molecule has 1 aromatic rings. The maximum absolute atomic E-state index is 5.82. The molecular weight excluding hydrogens is 234 g/mol. The van der Waals surface area contributed by atoms with Crippen molar-refractivity contribution in [2.24, 2.45) is 0 Å². The molecule has 0 spiro atoms. The van der Waals surface area contributed by atoms with Crippen molar-refractivity contribution < 1.29 is 0 Å². The quantitative estimate of drug-likeness (QED) is 0.825. The minimum atomic E-state index is 0.754. The SMILES string of the molecule is CCN1CCC(N(C)CCc2cccc(N)c2)CC1. The summed E-state index contributed by atoms with van der Waals surface area (Å²) in [5.41, 5.74) is 8.04. The average molecular weight is 261 g/mol. The summed E-state index contributed by atoms with van der Waals surface area (Å²) >= 11 is 0. The lowest BCUT2D eigenvalue weighted by Gasteiger charge is -2.36. The Bertz CT molecular complexity index is 383. The third-order valence-corrected chi connectivity index (χ3v) is 4.33. The second-order valence-corrected chi connectivity index (χ2v) is 5.64. The summed E-state index contributed by atoms with van der Waals surface area (Å²) in [4.78, 5) is 5.07. The number of hydrogen-bond acceptors (Lipinski definition) is 3. The van der Waals surface area contributed by atoms with Crippen LogP contribution >= 0.6 is 0 Å². The number of likely N-dealkylation sites (tertiary alicyclic amines) is 1. The van der Waals surface area contributed by atoms with E-state index in [1.165, 1.54) is 38.0 Å². The van der Waals surface area contributed by atoms with Crippen molar-refractivity contribution in [3.05, 3.63) is 29.8 Å². The van der Waals surface area contributed by atoms with Gasteiger partial charge in [-0.1, -0.05) is 19.1 Å². The van der Waals surface area contributed by atoms with E-state index in [1.54, 1.807) is 0 Å². The van der Waals surface area contributed by atoms with Gasteiger partial charge in [-0.25, -0.2) is 0 Å². The number of anilines is 1. The van der Waals surface area contributed by atoms with Gasteiger partial charge >= 0.3 is 0 Å². The zero-order valence-electron chi connectivity index (χ0n) is 12.3. The van der Waals surface area contributed by atoms with Gasteiger partial charge in [-0.05, 0) is 63.6 Å². The molecule has 1 heterocycles. The number of piperidine rings is 1. The molecule has 0 unspecified atom stereocenters. The Labute approximate surface area is 117 Å². The maximum Gasteiger partial charge on any atom is 0.0316 e. The van der Waals surface area contributed by atoms with Gasteiger partial charge in [0, 0.05) is 18.3 Å². The summed E-state index contributed by atoms with van der Waals surface area (Å²) in [6.45, 7) is 7.08. The minimum absolute atomic E-state index is 0.754. The minimum Gasteiger partial charge on any atom is -0.399 e. The second-order valence-electron chi connectivity index (χ2n) is 5.64. The van der Waals surface area contributed by atoms with Crippen LogP contribution in [0.3, 0.4) is 0 Å². The molecule has 0 aromatic heterocycles. The van der Waals surface area contributed by atoms with Gasteiger partial charge in [0.2, 0.25) is 0 Å². The molecule has 1 aliphatic rings. The molecule has 2 rings (SSSR count). The zero-order valence-corrected chi connectivity index (χ0v) is 12.3. The smallest absolute Gasteiger partial charge is 0.0316 e. The van der Waals surface area contributed by atoms with Crippen molar-refractivity contribution in [1.82, 2.24) is 9.80 Å². The lowest BCUT2D eigenvalue weighted by Crippen LogP contribution is -2.43. The molecule has 0 saturated carbocycles. The summed E-state index contributed by atoms with van der Waals surface area (Å²) in [6.07, 6.45) is 3.71. The van der Waals surface area contributed by atoms with Gasteiger partial charge in [-0.3, -0.25) is 0 Å². The van der Waals surface area contributed by atoms with Gasteiger partial charge in [0.05, 0.1) is 0 Å². The second kappa shape index (κ2) is 6.92. The standard InChI is InChI=1S/C16H27N3/c1-3-19-11-8-16(9-12-19)18(2)10-7-14-5-4-6-15(17)13-14/h4-6,13,16H,3,7-12,17H2,1-2H3. The molecule has 0 atom stereocenters. The molecule has 19 heavy (non-hydrogen) atoms. The number of rotatable bonds is 5. The van der Waals surface area contributed by atoms with E-state index in [0.717, 1.165) is 24.7 Å². The summed E-state index contributed by atoms with van der Waals surface area (Å²) in [7, 11) is 2.26. The van der Waals surface area contributed by atoms with E-state index in [9.17, 15) is 0 Å². The van der Waals surface area contributed by atoms with E-state index >= 15 is 0 Å². The first kappa shape index (κ1) is 14.4. The number of nitrogen functional groups attached to an aromatic ring is 1. The molecule has 0 aliphatic carbocycles. The molecule has 3 nitrogen and oxygen atoms in total. The van der Waals surface area contributed by atoms with Crippen LogP contribution < -0.4 is 5.73 Å². The first-order chi connectivity index (χ1) is 9.19. The fraction of sp³-hybridized carbons (Fsp3) is 0.625. The predicted molar refractivity (Wildman–Crippen MR) is 82.3 cm³/mol. The largest absolute Gasteiger partial charge is 0.399 e. The fourth-order valence-corrected chi connectivity index (χ4v) is 2.91. The Balaban J connectivity index is 1.77. The van der Waals surface area contributed by atoms with Gasteiger partial charge in [0.25, 0.3) is 0 Å². The van der Waals surface area contributed by atoms with Crippen LogP contribution in [-0.2, 0) is 6.42 Å². The summed E-state index contributed by atoms with van der Waals surface area (Å²) in [5.74, 6) is 0. The number of hydrogen-bond donors (Lipinski definition) is 1. The van der Waals surface area contributed by atoms with Crippen LogP contribution in [0.25, 0.3) is 0 Å². The molecule has 0 amide bonds. The third kappa shape index (κ3) is 4.22. The Morgan fingerprint density at radius 2 is 2.05 bits per heavy atom. The van der Waals surface area contributed by atoms with Crippen LogP contribution in [0.2, 0.25) is 0 Å². The highest BCUT2D eigenvalue weighted by Gasteiger charge is 2.21. The van der Waals surface area contributed by atoms with Crippen LogP contribution in [0.15, 0.2) is 24.3 Å². The molecular formula is C16H27N3. The number of nitrogens with two attached hydrogens (primary N) is 1. The zero-order chi connectivity index (χ0) is 13.7.